The fraction of sp³-hybridized carbons (Fsp3) is 0.385. The van der Waals surface area contributed by atoms with Crippen LogP contribution in [0.15, 0.2) is 22.7 Å². The highest BCUT2D eigenvalue weighted by molar-refractivity contribution is 9.10. The molecule has 0 spiro atoms. The van der Waals surface area contributed by atoms with Crippen LogP contribution in [0, 0.1) is 0 Å². The number of piperidine rings is 1. The highest BCUT2D eigenvalue weighted by atomic mass is 79.9. The number of nitrogens with one attached hydrogen (secondary N) is 2. The molecule has 3 rings (SSSR count). The van der Waals surface area contributed by atoms with Gasteiger partial charge in [0.25, 0.3) is 0 Å². The molecule has 0 saturated carbocycles. The topological polar surface area (TPSA) is 27.8 Å². The number of halogens is 2. The van der Waals surface area contributed by atoms with Crippen LogP contribution >= 0.6 is 27.5 Å². The van der Waals surface area contributed by atoms with Gasteiger partial charge in [-0.3, -0.25) is 0 Å². The molecule has 1 aromatic heterocycles. The quantitative estimate of drug-likeness (QED) is 0.816. The lowest BCUT2D eigenvalue weighted by Crippen LogP contribution is -2.26. The van der Waals surface area contributed by atoms with Crippen LogP contribution in [0.5, 0.6) is 0 Å². The Hall–Kier alpha value is -0.510. The zero-order chi connectivity index (χ0) is 11.8. The molecule has 1 aliphatic heterocycles. The summed E-state index contributed by atoms with van der Waals surface area (Å²) >= 11 is 9.75. The average Bonchev–Trinajstić information content (AvgIpc) is 2.68. The van der Waals surface area contributed by atoms with Gasteiger partial charge in [0, 0.05) is 32.0 Å². The largest absolute Gasteiger partial charge is 0.357 e. The molecule has 2 N–H and O–H groups in total. The smallest absolute Gasteiger partial charge is 0.0468 e. The van der Waals surface area contributed by atoms with Crippen molar-refractivity contribution in [2.75, 3.05) is 13.1 Å². The maximum atomic E-state index is 6.04. The van der Waals surface area contributed by atoms with Gasteiger partial charge >= 0.3 is 0 Å². The van der Waals surface area contributed by atoms with Crippen LogP contribution in [-0.2, 0) is 0 Å². The second kappa shape index (κ2) is 4.63. The summed E-state index contributed by atoms with van der Waals surface area (Å²) in [4.78, 5) is 3.53. The summed E-state index contributed by atoms with van der Waals surface area (Å²) < 4.78 is 1.18. The molecule has 1 aromatic carbocycles. The lowest BCUT2D eigenvalue weighted by molar-refractivity contribution is 0.454. The molecule has 0 unspecified atom stereocenters. The van der Waals surface area contributed by atoms with Crippen molar-refractivity contribution in [3.8, 4) is 0 Å². The van der Waals surface area contributed by atoms with Crippen molar-refractivity contribution in [2.45, 2.75) is 18.8 Å². The molecule has 2 aromatic rings. The SMILES string of the molecule is Clc1ccc2[nH]c(C3CCNCC3)c(Br)c2c1. The van der Waals surface area contributed by atoms with E-state index in [2.05, 4.69) is 26.2 Å². The number of aromatic amines is 1. The van der Waals surface area contributed by atoms with Crippen molar-refractivity contribution < 1.29 is 0 Å². The van der Waals surface area contributed by atoms with E-state index in [-0.39, 0.29) is 0 Å². The molecule has 1 fully saturated rings. The average molecular weight is 314 g/mol. The number of benzene rings is 1. The van der Waals surface area contributed by atoms with E-state index in [1.807, 2.05) is 18.2 Å². The van der Waals surface area contributed by atoms with Crippen molar-refractivity contribution >= 4 is 38.4 Å². The van der Waals surface area contributed by atoms with E-state index in [9.17, 15) is 0 Å². The van der Waals surface area contributed by atoms with Gasteiger partial charge in [-0.15, -0.1) is 0 Å². The molecule has 2 nitrogen and oxygen atoms in total. The summed E-state index contributed by atoms with van der Waals surface area (Å²) in [5.41, 5.74) is 2.48. The van der Waals surface area contributed by atoms with Crippen LogP contribution in [-0.4, -0.2) is 18.1 Å². The molecular weight excluding hydrogens is 300 g/mol. The Kier molecular flexibility index (Phi) is 3.16. The summed E-state index contributed by atoms with van der Waals surface area (Å²) in [7, 11) is 0. The molecule has 0 amide bonds. The minimum atomic E-state index is 0.622. The summed E-state index contributed by atoms with van der Waals surface area (Å²) in [5, 5.41) is 5.37. The van der Waals surface area contributed by atoms with Crippen molar-refractivity contribution in [2.24, 2.45) is 0 Å². The van der Waals surface area contributed by atoms with Gasteiger partial charge < -0.3 is 10.3 Å². The molecule has 0 aliphatic carbocycles. The Bertz CT molecular complexity index is 544. The van der Waals surface area contributed by atoms with Crippen LogP contribution in [0.1, 0.15) is 24.5 Å². The van der Waals surface area contributed by atoms with Crippen LogP contribution in [0.3, 0.4) is 0 Å². The normalized spacial score (nSPS) is 17.8. The maximum absolute atomic E-state index is 6.04. The predicted octanol–water partition coefficient (Wildman–Crippen LogP) is 4.05. The molecule has 90 valence electrons. The van der Waals surface area contributed by atoms with Crippen LogP contribution in [0.2, 0.25) is 5.02 Å². The lowest BCUT2D eigenvalue weighted by atomic mass is 9.95. The first-order valence-corrected chi connectivity index (χ1v) is 7.10. The third-order valence-electron chi connectivity index (χ3n) is 3.47. The Morgan fingerprint density at radius 3 is 2.76 bits per heavy atom. The number of fused-ring (bicyclic) bond motifs is 1. The van der Waals surface area contributed by atoms with Crippen molar-refractivity contribution in [3.63, 3.8) is 0 Å². The standard InChI is InChI=1S/C13H14BrClN2/c14-12-10-7-9(15)1-2-11(10)17-13(12)8-3-5-16-6-4-8/h1-2,7-8,16-17H,3-6H2. The van der Waals surface area contributed by atoms with Gasteiger partial charge in [0.05, 0.1) is 0 Å². The minimum Gasteiger partial charge on any atom is -0.357 e. The predicted molar refractivity (Wildman–Crippen MR) is 75.9 cm³/mol. The molecular formula is C13H14BrClN2. The Labute approximate surface area is 114 Å². The molecule has 2 heterocycles. The summed E-state index contributed by atoms with van der Waals surface area (Å²) in [5.74, 6) is 0.622. The van der Waals surface area contributed by atoms with E-state index in [0.29, 0.717) is 5.92 Å². The van der Waals surface area contributed by atoms with E-state index >= 15 is 0 Å². The Morgan fingerprint density at radius 2 is 2.00 bits per heavy atom. The third-order valence-corrected chi connectivity index (χ3v) is 4.56. The van der Waals surface area contributed by atoms with Gasteiger partial charge in [0.1, 0.15) is 0 Å². The Morgan fingerprint density at radius 1 is 1.24 bits per heavy atom. The summed E-state index contributed by atoms with van der Waals surface area (Å²) in [6, 6.07) is 5.99. The van der Waals surface area contributed by atoms with E-state index in [4.69, 9.17) is 11.6 Å². The van der Waals surface area contributed by atoms with Crippen LogP contribution in [0.25, 0.3) is 10.9 Å². The number of hydrogen-bond acceptors (Lipinski definition) is 1. The van der Waals surface area contributed by atoms with Crippen molar-refractivity contribution in [1.82, 2.24) is 10.3 Å². The van der Waals surface area contributed by atoms with E-state index in [1.165, 1.54) is 28.4 Å². The Balaban J connectivity index is 2.07. The number of hydrogen-bond donors (Lipinski definition) is 2. The zero-order valence-corrected chi connectivity index (χ0v) is 11.7. The third kappa shape index (κ3) is 2.12. The summed E-state index contributed by atoms with van der Waals surface area (Å²) in [6.45, 7) is 2.21. The number of aromatic nitrogens is 1. The molecule has 17 heavy (non-hydrogen) atoms. The zero-order valence-electron chi connectivity index (χ0n) is 9.39. The fourth-order valence-electron chi connectivity index (χ4n) is 2.54. The van der Waals surface area contributed by atoms with Gasteiger partial charge in [-0.1, -0.05) is 11.6 Å². The monoisotopic (exact) mass is 312 g/mol. The first-order chi connectivity index (χ1) is 8.25. The van der Waals surface area contributed by atoms with Crippen LogP contribution < -0.4 is 5.32 Å². The van der Waals surface area contributed by atoms with Crippen LogP contribution in [0.4, 0.5) is 0 Å². The maximum Gasteiger partial charge on any atom is 0.0468 e. The minimum absolute atomic E-state index is 0.622. The van der Waals surface area contributed by atoms with Gasteiger partial charge in [0.2, 0.25) is 0 Å². The molecule has 4 heteroatoms. The van der Waals surface area contributed by atoms with Gasteiger partial charge in [-0.05, 0) is 60.1 Å². The first kappa shape index (κ1) is 11.6. The molecule has 0 atom stereocenters. The molecule has 1 saturated heterocycles. The van der Waals surface area contributed by atoms with Crippen molar-refractivity contribution in [1.29, 1.82) is 0 Å². The lowest BCUT2D eigenvalue weighted by Gasteiger charge is -2.22. The number of rotatable bonds is 1. The fourth-order valence-corrected chi connectivity index (χ4v) is 3.47. The van der Waals surface area contributed by atoms with E-state index < -0.39 is 0 Å². The highest BCUT2D eigenvalue weighted by Crippen LogP contribution is 2.36. The van der Waals surface area contributed by atoms with Crippen molar-refractivity contribution in [3.05, 3.63) is 33.4 Å². The summed E-state index contributed by atoms with van der Waals surface area (Å²) in [6.07, 6.45) is 2.39. The van der Waals surface area contributed by atoms with E-state index in [0.717, 1.165) is 23.6 Å². The number of H-pyrrole nitrogens is 1. The highest BCUT2D eigenvalue weighted by Gasteiger charge is 2.20. The second-order valence-electron chi connectivity index (χ2n) is 4.57. The molecule has 0 radical (unpaired) electrons. The first-order valence-electron chi connectivity index (χ1n) is 5.93. The van der Waals surface area contributed by atoms with Gasteiger partial charge in [-0.25, -0.2) is 0 Å². The van der Waals surface area contributed by atoms with Gasteiger partial charge in [0.15, 0.2) is 0 Å². The second-order valence-corrected chi connectivity index (χ2v) is 5.80. The molecule has 0 bridgehead atoms. The molecule has 1 aliphatic rings. The van der Waals surface area contributed by atoms with E-state index in [1.54, 1.807) is 0 Å². The van der Waals surface area contributed by atoms with Gasteiger partial charge in [-0.2, -0.15) is 0 Å².